The zero-order chi connectivity index (χ0) is 13.1. The third-order valence-electron chi connectivity index (χ3n) is 2.52. The Bertz CT molecular complexity index is 531. The summed E-state index contributed by atoms with van der Waals surface area (Å²) in [5.41, 5.74) is 1.82. The zero-order valence-corrected chi connectivity index (χ0v) is 11.3. The highest BCUT2D eigenvalue weighted by Gasteiger charge is 2.06. The van der Waals surface area contributed by atoms with E-state index in [1.165, 1.54) is 0 Å². The lowest BCUT2D eigenvalue weighted by molar-refractivity contribution is 0.476. The zero-order valence-electron chi connectivity index (χ0n) is 9.82. The predicted octanol–water partition coefficient (Wildman–Crippen LogP) is 3.53. The maximum atomic E-state index is 9.45. The molecule has 0 saturated heterocycles. The van der Waals surface area contributed by atoms with E-state index < -0.39 is 0 Å². The van der Waals surface area contributed by atoms with Gasteiger partial charge in [0.1, 0.15) is 0 Å². The van der Waals surface area contributed by atoms with Crippen LogP contribution in [0.4, 0.5) is 5.69 Å². The van der Waals surface area contributed by atoms with Gasteiger partial charge in [0.2, 0.25) is 0 Å². The first-order valence-corrected chi connectivity index (χ1v) is 6.29. The van der Waals surface area contributed by atoms with Crippen LogP contribution in [-0.4, -0.2) is 14.9 Å². The van der Waals surface area contributed by atoms with Crippen molar-refractivity contribution in [3.63, 3.8) is 0 Å². The van der Waals surface area contributed by atoms with Gasteiger partial charge in [0.05, 0.1) is 16.2 Å². The highest BCUT2D eigenvalue weighted by molar-refractivity contribution is 6.37. The first-order valence-electron chi connectivity index (χ1n) is 5.53. The van der Waals surface area contributed by atoms with Crippen molar-refractivity contribution in [2.75, 3.05) is 5.32 Å². The largest absolute Gasteiger partial charge is 0.505 e. The Balaban J connectivity index is 2.06. The molecule has 96 valence electrons. The molecule has 1 aromatic heterocycles. The Hall–Kier alpha value is -1.39. The van der Waals surface area contributed by atoms with Crippen LogP contribution in [0.2, 0.25) is 10.0 Å². The summed E-state index contributed by atoms with van der Waals surface area (Å²) in [5, 5.41) is 17.3. The highest BCUT2D eigenvalue weighted by atomic mass is 35.5. The van der Waals surface area contributed by atoms with Crippen molar-refractivity contribution in [2.24, 2.45) is 0 Å². The van der Waals surface area contributed by atoms with E-state index in [1.54, 1.807) is 18.3 Å². The Morgan fingerprint density at radius 1 is 1.33 bits per heavy atom. The van der Waals surface area contributed by atoms with Gasteiger partial charge in [-0.2, -0.15) is 5.10 Å². The molecule has 0 aliphatic rings. The van der Waals surface area contributed by atoms with Crippen LogP contribution in [0.25, 0.3) is 0 Å². The van der Waals surface area contributed by atoms with E-state index in [0.717, 1.165) is 17.8 Å². The van der Waals surface area contributed by atoms with Gasteiger partial charge >= 0.3 is 0 Å². The fourth-order valence-corrected chi connectivity index (χ4v) is 2.03. The third kappa shape index (κ3) is 2.89. The van der Waals surface area contributed by atoms with Gasteiger partial charge in [0, 0.05) is 30.5 Å². The molecule has 2 N–H and O–H groups in total. The van der Waals surface area contributed by atoms with Crippen LogP contribution in [0.15, 0.2) is 24.5 Å². The molecule has 0 unspecified atom stereocenters. The fourth-order valence-electron chi connectivity index (χ4n) is 1.54. The molecule has 1 aromatic carbocycles. The van der Waals surface area contributed by atoms with Crippen LogP contribution in [0.1, 0.15) is 12.5 Å². The van der Waals surface area contributed by atoms with Gasteiger partial charge in [-0.05, 0) is 19.1 Å². The number of hydrogen-bond donors (Lipinski definition) is 2. The van der Waals surface area contributed by atoms with Gasteiger partial charge < -0.3 is 10.4 Å². The molecular formula is C12H13Cl2N3O. The highest BCUT2D eigenvalue weighted by Crippen LogP contribution is 2.34. The maximum absolute atomic E-state index is 9.45. The summed E-state index contributed by atoms with van der Waals surface area (Å²) in [4.78, 5) is 0. The topological polar surface area (TPSA) is 50.1 Å². The van der Waals surface area contributed by atoms with Crippen molar-refractivity contribution < 1.29 is 5.11 Å². The summed E-state index contributed by atoms with van der Waals surface area (Å²) < 4.78 is 1.85. The normalized spacial score (nSPS) is 10.6. The van der Waals surface area contributed by atoms with Crippen molar-refractivity contribution in [1.29, 1.82) is 0 Å². The standard InChI is InChI=1S/C12H13Cl2N3O/c1-2-17-7-8(6-16-17)5-15-9-3-10(13)12(18)11(14)4-9/h3-4,6-7,15,18H,2,5H2,1H3. The molecule has 0 radical (unpaired) electrons. The van der Waals surface area contributed by atoms with Crippen LogP contribution in [0.5, 0.6) is 5.75 Å². The maximum Gasteiger partial charge on any atom is 0.152 e. The summed E-state index contributed by atoms with van der Waals surface area (Å²) in [6, 6.07) is 3.26. The molecule has 6 heteroatoms. The van der Waals surface area contributed by atoms with Crippen LogP contribution in [0.3, 0.4) is 0 Å². The molecule has 2 rings (SSSR count). The molecule has 0 fully saturated rings. The number of hydrogen-bond acceptors (Lipinski definition) is 3. The number of benzene rings is 1. The molecule has 0 spiro atoms. The Kier molecular flexibility index (Phi) is 3.99. The SMILES string of the molecule is CCn1cc(CNc2cc(Cl)c(O)c(Cl)c2)cn1. The molecule has 1 heterocycles. The van der Waals surface area contributed by atoms with E-state index in [0.29, 0.717) is 6.54 Å². The minimum atomic E-state index is -0.0947. The molecule has 18 heavy (non-hydrogen) atoms. The number of aryl methyl sites for hydroxylation is 1. The van der Waals surface area contributed by atoms with E-state index in [9.17, 15) is 5.11 Å². The average molecular weight is 286 g/mol. The molecule has 0 aliphatic heterocycles. The summed E-state index contributed by atoms with van der Waals surface area (Å²) in [6.45, 7) is 3.50. The minimum Gasteiger partial charge on any atom is -0.505 e. The number of halogens is 2. The van der Waals surface area contributed by atoms with E-state index in [4.69, 9.17) is 23.2 Å². The van der Waals surface area contributed by atoms with Gasteiger partial charge in [-0.15, -0.1) is 0 Å². The number of nitrogens with one attached hydrogen (secondary N) is 1. The monoisotopic (exact) mass is 285 g/mol. The number of aromatic nitrogens is 2. The van der Waals surface area contributed by atoms with E-state index >= 15 is 0 Å². The van der Waals surface area contributed by atoms with E-state index in [2.05, 4.69) is 10.4 Å². The van der Waals surface area contributed by atoms with Crippen molar-refractivity contribution in [3.05, 3.63) is 40.1 Å². The number of anilines is 1. The Morgan fingerprint density at radius 2 is 2.00 bits per heavy atom. The van der Waals surface area contributed by atoms with Gasteiger partial charge in [-0.25, -0.2) is 0 Å². The lowest BCUT2D eigenvalue weighted by atomic mass is 10.3. The van der Waals surface area contributed by atoms with Crippen LogP contribution in [-0.2, 0) is 13.1 Å². The first kappa shape index (κ1) is 13.1. The summed E-state index contributed by atoms with van der Waals surface area (Å²) >= 11 is 11.7. The molecule has 2 aromatic rings. The van der Waals surface area contributed by atoms with Crippen molar-refractivity contribution >= 4 is 28.9 Å². The lowest BCUT2D eigenvalue weighted by Gasteiger charge is -2.07. The third-order valence-corrected chi connectivity index (χ3v) is 3.10. The van der Waals surface area contributed by atoms with E-state index in [-0.39, 0.29) is 15.8 Å². The molecule has 0 bridgehead atoms. The van der Waals surface area contributed by atoms with Crippen LogP contribution < -0.4 is 5.32 Å². The van der Waals surface area contributed by atoms with Crippen molar-refractivity contribution in [2.45, 2.75) is 20.0 Å². The second-order valence-electron chi connectivity index (χ2n) is 3.85. The number of nitrogens with zero attached hydrogens (tertiary/aromatic N) is 2. The summed E-state index contributed by atoms with van der Waals surface area (Å²) in [5.74, 6) is -0.0947. The predicted molar refractivity (Wildman–Crippen MR) is 73.4 cm³/mol. The number of rotatable bonds is 4. The number of aromatic hydroxyl groups is 1. The van der Waals surface area contributed by atoms with Crippen LogP contribution >= 0.6 is 23.2 Å². The van der Waals surface area contributed by atoms with Crippen molar-refractivity contribution in [3.8, 4) is 5.75 Å². The minimum absolute atomic E-state index is 0.0947. The molecule has 0 saturated carbocycles. The van der Waals surface area contributed by atoms with Gasteiger partial charge in [-0.1, -0.05) is 23.2 Å². The first-order chi connectivity index (χ1) is 8.60. The van der Waals surface area contributed by atoms with E-state index in [1.807, 2.05) is 17.8 Å². The molecule has 0 amide bonds. The molecule has 0 atom stereocenters. The second-order valence-corrected chi connectivity index (χ2v) is 4.66. The van der Waals surface area contributed by atoms with Gasteiger partial charge in [0.15, 0.2) is 5.75 Å². The lowest BCUT2D eigenvalue weighted by Crippen LogP contribution is -1.98. The fraction of sp³-hybridized carbons (Fsp3) is 0.250. The molecular weight excluding hydrogens is 273 g/mol. The smallest absolute Gasteiger partial charge is 0.152 e. The second kappa shape index (κ2) is 5.50. The average Bonchev–Trinajstić information content (AvgIpc) is 2.81. The summed E-state index contributed by atoms with van der Waals surface area (Å²) in [7, 11) is 0. The summed E-state index contributed by atoms with van der Waals surface area (Å²) in [6.07, 6.45) is 3.77. The number of phenolic OH excluding ortho intramolecular Hbond substituents is 1. The van der Waals surface area contributed by atoms with Crippen LogP contribution in [0, 0.1) is 0 Å². The van der Waals surface area contributed by atoms with Crippen molar-refractivity contribution in [1.82, 2.24) is 9.78 Å². The number of phenols is 1. The Morgan fingerprint density at radius 3 is 2.56 bits per heavy atom. The van der Waals surface area contributed by atoms with Gasteiger partial charge in [-0.3, -0.25) is 4.68 Å². The quantitative estimate of drug-likeness (QED) is 0.845. The molecule has 4 nitrogen and oxygen atoms in total. The Labute approximate surface area is 115 Å². The molecule has 0 aliphatic carbocycles. The van der Waals surface area contributed by atoms with Gasteiger partial charge in [0.25, 0.3) is 0 Å².